The van der Waals surface area contributed by atoms with Gasteiger partial charge in [-0.3, -0.25) is 41.6 Å². The highest BCUT2D eigenvalue weighted by atomic mass is 16.6. The van der Waals surface area contributed by atoms with Gasteiger partial charge in [-0.2, -0.15) is 0 Å². The Balaban J connectivity index is 3.46. The van der Waals surface area contributed by atoms with Gasteiger partial charge in [-0.15, -0.1) is 0 Å². The third-order valence-electron chi connectivity index (χ3n) is 2.36. The second-order valence-corrected chi connectivity index (χ2v) is 3.92. The van der Waals surface area contributed by atoms with E-state index in [1.807, 2.05) is 0 Å². The van der Waals surface area contributed by atoms with E-state index >= 15 is 0 Å². The molecule has 12 heteroatoms. The van der Waals surface area contributed by atoms with Gasteiger partial charge in [0.05, 0.1) is 26.9 Å². The van der Waals surface area contributed by atoms with E-state index in [2.05, 4.69) is 5.43 Å². The molecule has 3 N–H and O–H groups in total. The van der Waals surface area contributed by atoms with Crippen LogP contribution in [0.3, 0.4) is 0 Å². The summed E-state index contributed by atoms with van der Waals surface area (Å²) >= 11 is 0. The van der Waals surface area contributed by atoms with Gasteiger partial charge in [0.25, 0.3) is 11.4 Å². The van der Waals surface area contributed by atoms with Crippen molar-refractivity contribution in [1.29, 1.82) is 0 Å². The second-order valence-electron chi connectivity index (χ2n) is 3.92. The van der Waals surface area contributed by atoms with E-state index in [0.29, 0.717) is 12.1 Å². The van der Waals surface area contributed by atoms with Gasteiger partial charge >= 0.3 is 11.4 Å². The number of nitro benzene ring substituents is 3. The van der Waals surface area contributed by atoms with E-state index < -0.39 is 43.7 Å². The molecule has 0 bridgehead atoms. The Bertz CT molecular complexity index is 555. The van der Waals surface area contributed by atoms with Crippen molar-refractivity contribution in [3.05, 3.63) is 42.5 Å². The lowest BCUT2D eigenvalue weighted by molar-refractivity contribution is -0.404. The minimum absolute atomic E-state index is 0.0608. The third kappa shape index (κ3) is 3.80. The molecule has 0 heterocycles. The van der Waals surface area contributed by atoms with Crippen molar-refractivity contribution in [3.8, 4) is 5.75 Å². The molecule has 0 amide bonds. The van der Waals surface area contributed by atoms with Crippen LogP contribution in [0.4, 0.5) is 17.1 Å². The smallest absolute Gasteiger partial charge is 0.325 e. The van der Waals surface area contributed by atoms with Crippen molar-refractivity contribution >= 4 is 17.1 Å². The van der Waals surface area contributed by atoms with Gasteiger partial charge in [0.2, 0.25) is 0 Å². The first-order valence-corrected chi connectivity index (χ1v) is 5.49. The fourth-order valence-electron chi connectivity index (χ4n) is 1.49. The molecule has 0 fully saturated rings. The second kappa shape index (κ2) is 6.53. The Morgan fingerprint density at radius 2 is 1.62 bits per heavy atom. The Morgan fingerprint density at radius 3 is 1.95 bits per heavy atom. The van der Waals surface area contributed by atoms with Crippen LogP contribution in [0.15, 0.2) is 12.1 Å². The number of nitro groups is 3. The number of non-ortho nitro benzene ring substituents is 1. The first kappa shape index (κ1) is 16.2. The lowest BCUT2D eigenvalue weighted by Gasteiger charge is -2.13. The van der Waals surface area contributed by atoms with Crippen LogP contribution in [0.2, 0.25) is 0 Å². The van der Waals surface area contributed by atoms with Crippen molar-refractivity contribution in [1.82, 2.24) is 5.43 Å². The van der Waals surface area contributed by atoms with E-state index in [-0.39, 0.29) is 6.54 Å². The molecule has 0 spiro atoms. The van der Waals surface area contributed by atoms with Crippen LogP contribution in [0.25, 0.3) is 0 Å². The number of nitrogens with zero attached hydrogens (tertiary/aromatic N) is 3. The Labute approximate surface area is 116 Å². The monoisotopic (exact) mass is 301 g/mol. The summed E-state index contributed by atoms with van der Waals surface area (Å²) in [6.07, 6.45) is -0.728. The predicted octanol–water partition coefficient (Wildman–Crippen LogP) is 0.642. The summed E-state index contributed by atoms with van der Waals surface area (Å²) in [5.74, 6) is 4.40. The molecule has 114 valence electrons. The first-order valence-electron chi connectivity index (χ1n) is 5.49. The lowest BCUT2D eigenvalue weighted by atomic mass is 10.2. The maximum Gasteiger partial charge on any atom is 0.325 e. The summed E-state index contributed by atoms with van der Waals surface area (Å²) in [5, 5.41) is 32.6. The molecule has 0 aromatic heterocycles. The molecule has 0 saturated carbocycles. The van der Waals surface area contributed by atoms with Crippen LogP contribution in [-0.4, -0.2) is 27.4 Å². The van der Waals surface area contributed by atoms with Crippen molar-refractivity contribution in [2.75, 3.05) is 6.54 Å². The highest BCUT2D eigenvalue weighted by Crippen LogP contribution is 2.40. The number of hydrazine groups is 1. The minimum Gasteiger partial charge on any atom is -0.478 e. The van der Waals surface area contributed by atoms with Crippen molar-refractivity contribution in [2.45, 2.75) is 13.0 Å². The summed E-state index contributed by atoms with van der Waals surface area (Å²) in [4.78, 5) is 29.6. The molecule has 0 aliphatic heterocycles. The molecule has 0 aliphatic rings. The van der Waals surface area contributed by atoms with E-state index in [0.717, 1.165) is 0 Å². The zero-order valence-electron chi connectivity index (χ0n) is 10.7. The summed E-state index contributed by atoms with van der Waals surface area (Å²) in [5.41, 5.74) is -0.254. The van der Waals surface area contributed by atoms with Gasteiger partial charge in [0, 0.05) is 6.54 Å². The van der Waals surface area contributed by atoms with Crippen LogP contribution in [0.1, 0.15) is 6.92 Å². The van der Waals surface area contributed by atoms with Gasteiger partial charge in [0.1, 0.15) is 6.10 Å². The molecule has 1 atom stereocenters. The van der Waals surface area contributed by atoms with E-state index in [1.165, 1.54) is 6.92 Å². The van der Waals surface area contributed by atoms with Crippen LogP contribution in [0.5, 0.6) is 5.75 Å². The van der Waals surface area contributed by atoms with Gasteiger partial charge < -0.3 is 4.74 Å². The highest BCUT2D eigenvalue weighted by molar-refractivity contribution is 5.65. The number of nitrogens with one attached hydrogen (secondary N) is 1. The molecule has 0 radical (unpaired) electrons. The average Bonchev–Trinajstić information content (AvgIpc) is 2.37. The zero-order chi connectivity index (χ0) is 16.2. The summed E-state index contributed by atoms with van der Waals surface area (Å²) < 4.78 is 5.13. The fraction of sp³-hybridized carbons (Fsp3) is 0.333. The fourth-order valence-corrected chi connectivity index (χ4v) is 1.49. The largest absolute Gasteiger partial charge is 0.478 e. The lowest BCUT2D eigenvalue weighted by Crippen LogP contribution is -2.33. The molecule has 0 aliphatic carbocycles. The minimum atomic E-state index is -0.988. The van der Waals surface area contributed by atoms with E-state index in [4.69, 9.17) is 10.6 Å². The van der Waals surface area contributed by atoms with Gasteiger partial charge in [-0.25, -0.2) is 0 Å². The molecular weight excluding hydrogens is 290 g/mol. The topological polar surface area (TPSA) is 177 Å². The number of hydrogen-bond acceptors (Lipinski definition) is 9. The normalized spacial score (nSPS) is 11.7. The Kier molecular flexibility index (Phi) is 5.04. The van der Waals surface area contributed by atoms with E-state index in [1.54, 1.807) is 0 Å². The van der Waals surface area contributed by atoms with Crippen LogP contribution < -0.4 is 16.0 Å². The maximum absolute atomic E-state index is 11.0. The average molecular weight is 301 g/mol. The van der Waals surface area contributed by atoms with Crippen molar-refractivity contribution in [2.24, 2.45) is 5.84 Å². The van der Waals surface area contributed by atoms with Gasteiger partial charge in [0.15, 0.2) is 0 Å². The molecule has 21 heavy (non-hydrogen) atoms. The molecule has 12 nitrogen and oxygen atoms in total. The summed E-state index contributed by atoms with van der Waals surface area (Å²) in [6, 6.07) is 1.20. The number of hydrogen-bond donors (Lipinski definition) is 2. The third-order valence-corrected chi connectivity index (χ3v) is 2.36. The molecule has 1 aromatic rings. The van der Waals surface area contributed by atoms with Gasteiger partial charge in [-0.05, 0) is 6.92 Å². The quantitative estimate of drug-likeness (QED) is 0.415. The predicted molar refractivity (Wildman–Crippen MR) is 68.7 cm³/mol. The molecule has 0 saturated heterocycles. The standard InChI is InChI=1S/C9H11N5O7/c1-5(4-11-10)21-9-7(13(17)18)2-6(12(15)16)3-8(9)14(19)20/h2-3,5,11H,4,10H2,1H3. The Hall–Kier alpha value is -2.86. The molecule has 1 aromatic carbocycles. The summed E-state index contributed by atoms with van der Waals surface area (Å²) in [6.45, 7) is 1.53. The summed E-state index contributed by atoms with van der Waals surface area (Å²) in [7, 11) is 0. The first-order chi connectivity index (χ1) is 9.77. The zero-order valence-corrected chi connectivity index (χ0v) is 10.7. The van der Waals surface area contributed by atoms with Crippen molar-refractivity contribution < 1.29 is 19.5 Å². The number of ether oxygens (including phenoxy) is 1. The van der Waals surface area contributed by atoms with Crippen LogP contribution >= 0.6 is 0 Å². The van der Waals surface area contributed by atoms with Crippen molar-refractivity contribution in [3.63, 3.8) is 0 Å². The van der Waals surface area contributed by atoms with Gasteiger partial charge in [-0.1, -0.05) is 0 Å². The number of benzene rings is 1. The van der Waals surface area contributed by atoms with Crippen LogP contribution in [0, 0.1) is 30.3 Å². The molecule has 1 rings (SSSR count). The SMILES string of the molecule is CC(CNN)Oc1c([N+](=O)[O-])cc([N+](=O)[O-])cc1[N+](=O)[O-]. The molecular formula is C9H11N5O7. The highest BCUT2D eigenvalue weighted by Gasteiger charge is 2.33. The molecule has 1 unspecified atom stereocenters. The van der Waals surface area contributed by atoms with Crippen LogP contribution in [-0.2, 0) is 0 Å². The van der Waals surface area contributed by atoms with E-state index in [9.17, 15) is 30.3 Å². The maximum atomic E-state index is 11.0. The number of rotatable bonds is 7. The Morgan fingerprint density at radius 1 is 1.14 bits per heavy atom. The number of nitrogens with two attached hydrogens (primary N) is 1.